The van der Waals surface area contributed by atoms with Crippen LogP contribution in [-0.4, -0.2) is 17.6 Å². The summed E-state index contributed by atoms with van der Waals surface area (Å²) in [7, 11) is 0. The van der Waals surface area contributed by atoms with E-state index < -0.39 is 6.10 Å². The first kappa shape index (κ1) is 13.0. The Balaban J connectivity index is 1.78. The number of aliphatic hydroxyl groups is 1. The van der Waals surface area contributed by atoms with E-state index >= 15 is 0 Å². The highest BCUT2D eigenvalue weighted by Gasteiger charge is 2.08. The van der Waals surface area contributed by atoms with E-state index in [1.54, 1.807) is 17.4 Å². The third kappa shape index (κ3) is 3.80. The van der Waals surface area contributed by atoms with Crippen LogP contribution in [0.1, 0.15) is 15.9 Å². The summed E-state index contributed by atoms with van der Waals surface area (Å²) < 4.78 is 0. The van der Waals surface area contributed by atoms with Crippen LogP contribution in [0.4, 0.5) is 0 Å². The molecule has 1 amide bonds. The van der Waals surface area contributed by atoms with Crippen molar-refractivity contribution in [1.82, 2.24) is 5.32 Å². The second-order valence-electron chi connectivity index (χ2n) is 3.63. The first-order chi connectivity index (χ1) is 8.75. The van der Waals surface area contributed by atoms with Crippen LogP contribution in [0.3, 0.4) is 0 Å². The molecule has 2 N–H and O–H groups in total. The minimum atomic E-state index is -0.635. The van der Waals surface area contributed by atoms with Gasteiger partial charge in [0.2, 0.25) is 5.91 Å². The number of hydrogen-bond acceptors (Lipinski definition) is 4. The molecular weight excluding hydrogens is 266 g/mol. The summed E-state index contributed by atoms with van der Waals surface area (Å²) in [5.41, 5.74) is 0. The minimum Gasteiger partial charge on any atom is -0.386 e. The molecule has 2 aromatic rings. The fraction of sp³-hybridized carbons (Fsp3) is 0.154. The van der Waals surface area contributed by atoms with Crippen molar-refractivity contribution in [3.8, 4) is 0 Å². The van der Waals surface area contributed by atoms with Crippen molar-refractivity contribution in [1.29, 1.82) is 0 Å². The van der Waals surface area contributed by atoms with Gasteiger partial charge in [-0.1, -0.05) is 12.1 Å². The van der Waals surface area contributed by atoms with E-state index in [1.165, 1.54) is 17.4 Å². The van der Waals surface area contributed by atoms with Gasteiger partial charge >= 0.3 is 0 Å². The van der Waals surface area contributed by atoms with Gasteiger partial charge in [-0.2, -0.15) is 0 Å². The van der Waals surface area contributed by atoms with Crippen LogP contribution in [0, 0.1) is 0 Å². The number of carbonyl (C=O) groups is 1. The molecule has 0 aromatic carbocycles. The zero-order valence-electron chi connectivity index (χ0n) is 9.58. The lowest BCUT2D eigenvalue weighted by Gasteiger charge is -2.08. The van der Waals surface area contributed by atoms with E-state index in [0.717, 1.165) is 9.75 Å². The quantitative estimate of drug-likeness (QED) is 0.827. The van der Waals surface area contributed by atoms with Crippen LogP contribution in [-0.2, 0) is 4.79 Å². The maximum absolute atomic E-state index is 11.5. The second-order valence-corrected chi connectivity index (χ2v) is 5.58. The van der Waals surface area contributed by atoms with Gasteiger partial charge in [0.05, 0.1) is 0 Å². The molecule has 0 fully saturated rings. The van der Waals surface area contributed by atoms with Crippen LogP contribution in [0.5, 0.6) is 0 Å². The standard InChI is InChI=1S/C13H13NO2S2/c15-11(12-4-2-8-18-12)9-14-13(16)6-5-10-3-1-7-17-10/h1-8,11,15H,9H2,(H,14,16). The number of carbonyl (C=O) groups excluding carboxylic acids is 1. The van der Waals surface area contributed by atoms with Crippen molar-refractivity contribution in [2.75, 3.05) is 6.54 Å². The van der Waals surface area contributed by atoms with E-state index in [2.05, 4.69) is 5.32 Å². The molecule has 0 aliphatic heterocycles. The van der Waals surface area contributed by atoms with Crippen molar-refractivity contribution < 1.29 is 9.90 Å². The van der Waals surface area contributed by atoms with Gasteiger partial charge < -0.3 is 10.4 Å². The lowest BCUT2D eigenvalue weighted by Crippen LogP contribution is -2.26. The molecule has 0 aliphatic carbocycles. The zero-order chi connectivity index (χ0) is 12.8. The Morgan fingerprint density at radius 1 is 1.33 bits per heavy atom. The van der Waals surface area contributed by atoms with Gasteiger partial charge in [0.25, 0.3) is 0 Å². The molecule has 2 aromatic heterocycles. The molecule has 0 bridgehead atoms. The van der Waals surface area contributed by atoms with Crippen LogP contribution in [0.25, 0.3) is 6.08 Å². The van der Waals surface area contributed by atoms with E-state index in [0.29, 0.717) is 0 Å². The Morgan fingerprint density at radius 3 is 2.78 bits per heavy atom. The molecule has 2 rings (SSSR count). The van der Waals surface area contributed by atoms with Crippen LogP contribution in [0.2, 0.25) is 0 Å². The zero-order valence-corrected chi connectivity index (χ0v) is 11.2. The summed E-state index contributed by atoms with van der Waals surface area (Å²) >= 11 is 3.05. The number of aliphatic hydroxyl groups excluding tert-OH is 1. The first-order valence-electron chi connectivity index (χ1n) is 5.46. The summed E-state index contributed by atoms with van der Waals surface area (Å²) in [6.45, 7) is 0.230. The lowest BCUT2D eigenvalue weighted by molar-refractivity contribution is -0.116. The van der Waals surface area contributed by atoms with Crippen LogP contribution < -0.4 is 5.32 Å². The Labute approximate surface area is 113 Å². The molecule has 18 heavy (non-hydrogen) atoms. The van der Waals surface area contributed by atoms with Crippen molar-refractivity contribution in [2.45, 2.75) is 6.10 Å². The van der Waals surface area contributed by atoms with Gasteiger partial charge in [-0.05, 0) is 29.0 Å². The Bertz CT molecular complexity index is 503. The van der Waals surface area contributed by atoms with Gasteiger partial charge in [-0.25, -0.2) is 0 Å². The maximum atomic E-state index is 11.5. The summed E-state index contributed by atoms with van der Waals surface area (Å²) in [6, 6.07) is 7.60. The first-order valence-corrected chi connectivity index (χ1v) is 7.22. The highest BCUT2D eigenvalue weighted by atomic mass is 32.1. The number of hydrogen-bond donors (Lipinski definition) is 2. The molecule has 0 saturated heterocycles. The second kappa shape index (κ2) is 6.49. The number of nitrogens with one attached hydrogen (secondary N) is 1. The fourth-order valence-corrected chi connectivity index (χ4v) is 2.71. The Kier molecular flexibility index (Phi) is 4.69. The highest BCUT2D eigenvalue weighted by molar-refractivity contribution is 7.10. The van der Waals surface area contributed by atoms with Crippen molar-refractivity contribution in [3.63, 3.8) is 0 Å². The fourth-order valence-electron chi connectivity index (χ4n) is 1.38. The molecule has 3 nitrogen and oxygen atoms in total. The third-order valence-corrected chi connectivity index (χ3v) is 4.09. The van der Waals surface area contributed by atoms with E-state index in [-0.39, 0.29) is 12.5 Å². The van der Waals surface area contributed by atoms with Crippen LogP contribution in [0.15, 0.2) is 41.1 Å². The van der Waals surface area contributed by atoms with Gasteiger partial charge in [0.1, 0.15) is 6.10 Å². The molecule has 0 aliphatic rings. The largest absolute Gasteiger partial charge is 0.386 e. The average molecular weight is 279 g/mol. The minimum absolute atomic E-state index is 0.195. The van der Waals surface area contributed by atoms with Gasteiger partial charge in [-0.15, -0.1) is 22.7 Å². The predicted octanol–water partition coefficient (Wildman–Crippen LogP) is 2.67. The monoisotopic (exact) mass is 279 g/mol. The lowest BCUT2D eigenvalue weighted by atomic mass is 10.3. The number of rotatable bonds is 5. The summed E-state index contributed by atoms with van der Waals surface area (Å²) in [6.07, 6.45) is 2.61. The Hall–Kier alpha value is -1.43. The van der Waals surface area contributed by atoms with Crippen LogP contribution >= 0.6 is 22.7 Å². The van der Waals surface area contributed by atoms with E-state index in [4.69, 9.17) is 0 Å². The van der Waals surface area contributed by atoms with Gasteiger partial charge in [0, 0.05) is 22.4 Å². The molecule has 5 heteroatoms. The Morgan fingerprint density at radius 2 is 2.11 bits per heavy atom. The smallest absolute Gasteiger partial charge is 0.244 e. The molecule has 1 unspecified atom stereocenters. The van der Waals surface area contributed by atoms with Gasteiger partial charge in [0.15, 0.2) is 0 Å². The van der Waals surface area contributed by atoms with Crippen molar-refractivity contribution >= 4 is 34.7 Å². The average Bonchev–Trinajstić information content (AvgIpc) is 3.05. The normalized spacial score (nSPS) is 12.7. The van der Waals surface area contributed by atoms with E-state index in [1.807, 2.05) is 35.0 Å². The topological polar surface area (TPSA) is 49.3 Å². The molecule has 0 saturated carbocycles. The summed E-state index contributed by atoms with van der Waals surface area (Å²) in [4.78, 5) is 13.4. The number of thiophene rings is 2. The third-order valence-electron chi connectivity index (χ3n) is 2.28. The molecule has 1 atom stereocenters. The molecular formula is C13H13NO2S2. The maximum Gasteiger partial charge on any atom is 0.244 e. The van der Waals surface area contributed by atoms with Crippen molar-refractivity contribution in [3.05, 3.63) is 50.9 Å². The predicted molar refractivity (Wildman–Crippen MR) is 75.6 cm³/mol. The molecule has 0 radical (unpaired) electrons. The highest BCUT2D eigenvalue weighted by Crippen LogP contribution is 2.17. The molecule has 94 valence electrons. The molecule has 0 spiro atoms. The molecule has 2 heterocycles. The summed E-state index contributed by atoms with van der Waals surface area (Å²) in [5.74, 6) is -0.195. The van der Waals surface area contributed by atoms with Gasteiger partial charge in [-0.3, -0.25) is 4.79 Å². The SMILES string of the molecule is O=C(C=Cc1cccs1)NCC(O)c1cccs1. The number of amides is 1. The van der Waals surface area contributed by atoms with Crippen molar-refractivity contribution in [2.24, 2.45) is 0 Å². The summed E-state index contributed by atoms with van der Waals surface area (Å²) in [5, 5.41) is 16.3. The van der Waals surface area contributed by atoms with E-state index in [9.17, 15) is 9.90 Å².